The average Bonchev–Trinajstić information content (AvgIpc) is 2.95. The number of hydrogen-bond acceptors (Lipinski definition) is 4. The van der Waals surface area contributed by atoms with Crippen LogP contribution in [-0.4, -0.2) is 60.0 Å². The molecule has 1 saturated heterocycles. The van der Waals surface area contributed by atoms with Crippen molar-refractivity contribution in [2.75, 3.05) is 44.2 Å². The fourth-order valence-electron chi connectivity index (χ4n) is 2.70. The maximum atomic E-state index is 6.07. The van der Waals surface area contributed by atoms with Crippen molar-refractivity contribution in [1.29, 1.82) is 0 Å². The van der Waals surface area contributed by atoms with Crippen LogP contribution in [0.15, 0.2) is 16.4 Å². The molecule has 0 radical (unpaired) electrons. The topological polar surface area (TPSA) is 44.9 Å². The van der Waals surface area contributed by atoms with E-state index in [1.165, 1.54) is 23.5 Å². The quantitative estimate of drug-likeness (QED) is 0.446. The second-order valence-electron chi connectivity index (χ2n) is 5.23. The van der Waals surface area contributed by atoms with Crippen LogP contribution in [0.5, 0.6) is 0 Å². The van der Waals surface area contributed by atoms with E-state index >= 15 is 0 Å². The zero-order valence-corrected chi connectivity index (χ0v) is 16.1. The Kier molecular flexibility index (Phi) is 7.11. The lowest BCUT2D eigenvalue weighted by Crippen LogP contribution is -2.43. The Labute approximate surface area is 152 Å². The molecule has 0 amide bonds. The first-order chi connectivity index (χ1) is 9.83. The Hall–Kier alpha value is 0.01000. The fourth-order valence-corrected chi connectivity index (χ4v) is 4.49. The van der Waals surface area contributed by atoms with Gasteiger partial charge in [0, 0.05) is 49.1 Å². The summed E-state index contributed by atoms with van der Waals surface area (Å²) in [6.07, 6.45) is 1.19. The van der Waals surface area contributed by atoms with Gasteiger partial charge in [0.25, 0.3) is 0 Å². The molecule has 2 aliphatic rings. The highest BCUT2D eigenvalue weighted by Gasteiger charge is 2.17. The number of aliphatic imine (C=N–C) groups is 1. The first-order valence-corrected chi connectivity index (χ1v) is 9.26. The number of hydrogen-bond donors (Lipinski definition) is 1. The molecule has 2 aliphatic heterocycles. The van der Waals surface area contributed by atoms with E-state index in [0.717, 1.165) is 45.2 Å². The highest BCUT2D eigenvalue weighted by atomic mass is 127. The molecule has 3 rings (SSSR count). The number of thioether (sulfide) groups is 1. The maximum Gasteiger partial charge on any atom is 0.191 e. The van der Waals surface area contributed by atoms with Crippen molar-refractivity contribution >= 4 is 53.0 Å². The van der Waals surface area contributed by atoms with E-state index in [0.29, 0.717) is 0 Å². The van der Waals surface area contributed by atoms with Crippen molar-refractivity contribution in [3.05, 3.63) is 21.9 Å². The van der Waals surface area contributed by atoms with Crippen LogP contribution >= 0.6 is 47.1 Å². The molecule has 7 heteroatoms. The molecule has 0 aromatic carbocycles. The molecule has 2 N–H and O–H groups in total. The van der Waals surface area contributed by atoms with Gasteiger partial charge in [0.15, 0.2) is 5.96 Å². The van der Waals surface area contributed by atoms with E-state index in [1.807, 2.05) is 23.1 Å². The van der Waals surface area contributed by atoms with Crippen molar-refractivity contribution in [3.63, 3.8) is 0 Å². The van der Waals surface area contributed by atoms with Gasteiger partial charge in [0.1, 0.15) is 0 Å². The largest absolute Gasteiger partial charge is 0.370 e. The molecular formula is C14H23IN4S2. The molecule has 0 bridgehead atoms. The van der Waals surface area contributed by atoms with Crippen LogP contribution in [0.1, 0.15) is 10.4 Å². The molecule has 0 saturated carbocycles. The molecule has 1 fully saturated rings. The summed E-state index contributed by atoms with van der Waals surface area (Å²) in [5, 5.41) is 2.21. The van der Waals surface area contributed by atoms with Gasteiger partial charge in [-0.05, 0) is 23.4 Å². The van der Waals surface area contributed by atoms with Gasteiger partial charge in [-0.25, -0.2) is 0 Å². The lowest BCUT2D eigenvalue weighted by Gasteiger charge is -2.28. The third-order valence-corrected chi connectivity index (χ3v) is 5.88. The fraction of sp³-hybridized carbons (Fsp3) is 0.643. The third-order valence-electron chi connectivity index (χ3n) is 3.91. The summed E-state index contributed by atoms with van der Waals surface area (Å²) >= 11 is 3.89. The summed E-state index contributed by atoms with van der Waals surface area (Å²) in [4.78, 5) is 10.8. The van der Waals surface area contributed by atoms with Crippen LogP contribution in [0.4, 0.5) is 0 Å². The SMILES string of the molecule is I.NC(=NCCN1CCc2sccc2C1)N1CCSCC1. The Morgan fingerprint density at radius 3 is 2.90 bits per heavy atom. The summed E-state index contributed by atoms with van der Waals surface area (Å²) in [6, 6.07) is 2.26. The van der Waals surface area contributed by atoms with E-state index < -0.39 is 0 Å². The molecule has 4 nitrogen and oxygen atoms in total. The Morgan fingerprint density at radius 2 is 2.10 bits per heavy atom. The van der Waals surface area contributed by atoms with Crippen molar-refractivity contribution in [1.82, 2.24) is 9.80 Å². The number of rotatable bonds is 3. The molecule has 1 aromatic rings. The van der Waals surface area contributed by atoms with E-state index in [4.69, 9.17) is 5.73 Å². The minimum Gasteiger partial charge on any atom is -0.370 e. The van der Waals surface area contributed by atoms with Gasteiger partial charge in [-0.3, -0.25) is 9.89 Å². The van der Waals surface area contributed by atoms with Gasteiger partial charge in [0.2, 0.25) is 0 Å². The summed E-state index contributed by atoms with van der Waals surface area (Å²) in [7, 11) is 0. The monoisotopic (exact) mass is 438 g/mol. The molecule has 0 aliphatic carbocycles. The second-order valence-corrected chi connectivity index (χ2v) is 7.46. The molecule has 0 unspecified atom stereocenters. The minimum atomic E-state index is 0. The number of guanidine groups is 1. The molecule has 0 spiro atoms. The number of halogens is 1. The van der Waals surface area contributed by atoms with Crippen molar-refractivity contribution < 1.29 is 0 Å². The number of nitrogens with two attached hydrogens (primary N) is 1. The number of fused-ring (bicyclic) bond motifs is 1. The smallest absolute Gasteiger partial charge is 0.191 e. The average molecular weight is 438 g/mol. The van der Waals surface area contributed by atoms with Crippen molar-refractivity contribution in [3.8, 4) is 0 Å². The minimum absolute atomic E-state index is 0. The second kappa shape index (κ2) is 8.59. The van der Waals surface area contributed by atoms with Gasteiger partial charge >= 0.3 is 0 Å². The van der Waals surface area contributed by atoms with Crippen molar-refractivity contribution in [2.45, 2.75) is 13.0 Å². The van der Waals surface area contributed by atoms with Crippen molar-refractivity contribution in [2.24, 2.45) is 10.7 Å². The normalized spacial score (nSPS) is 20.0. The van der Waals surface area contributed by atoms with Crippen LogP contribution < -0.4 is 5.73 Å². The van der Waals surface area contributed by atoms with Crippen LogP contribution in [-0.2, 0) is 13.0 Å². The van der Waals surface area contributed by atoms with Gasteiger partial charge in [-0.15, -0.1) is 35.3 Å². The first kappa shape index (κ1) is 17.4. The molecule has 3 heterocycles. The first-order valence-electron chi connectivity index (χ1n) is 7.23. The van der Waals surface area contributed by atoms with Gasteiger partial charge in [-0.2, -0.15) is 11.8 Å². The maximum absolute atomic E-state index is 6.07. The Balaban J connectivity index is 0.00000161. The molecule has 118 valence electrons. The highest BCUT2D eigenvalue weighted by Crippen LogP contribution is 2.23. The molecular weight excluding hydrogens is 415 g/mol. The van der Waals surface area contributed by atoms with E-state index in [1.54, 1.807) is 4.88 Å². The van der Waals surface area contributed by atoms with Crippen LogP contribution in [0, 0.1) is 0 Å². The predicted molar refractivity (Wildman–Crippen MR) is 104 cm³/mol. The van der Waals surface area contributed by atoms with Gasteiger partial charge < -0.3 is 10.6 Å². The van der Waals surface area contributed by atoms with Gasteiger partial charge in [-0.1, -0.05) is 0 Å². The summed E-state index contributed by atoms with van der Waals surface area (Å²) in [5.41, 5.74) is 7.58. The zero-order valence-electron chi connectivity index (χ0n) is 12.2. The third kappa shape index (κ3) is 4.74. The molecule has 1 aromatic heterocycles. The van der Waals surface area contributed by atoms with Crippen LogP contribution in [0.25, 0.3) is 0 Å². The standard InChI is InChI=1S/C14H22N4S2.HI/c15-14(18-6-9-19-10-7-18)16-3-5-17-4-1-13-12(11-17)2-8-20-13;/h2,8H,1,3-7,9-11H2,(H2,15,16);1H. The number of thiophene rings is 1. The Bertz CT molecular complexity index is 471. The van der Waals surface area contributed by atoms with Crippen LogP contribution in [0.3, 0.4) is 0 Å². The summed E-state index contributed by atoms with van der Waals surface area (Å²) < 4.78 is 0. The summed E-state index contributed by atoms with van der Waals surface area (Å²) in [5.74, 6) is 3.07. The lowest BCUT2D eigenvalue weighted by atomic mass is 10.1. The van der Waals surface area contributed by atoms with E-state index in [9.17, 15) is 0 Å². The molecule has 0 atom stereocenters. The zero-order chi connectivity index (χ0) is 13.8. The van der Waals surface area contributed by atoms with E-state index in [-0.39, 0.29) is 24.0 Å². The summed E-state index contributed by atoms with van der Waals surface area (Å²) in [6.45, 7) is 6.15. The Morgan fingerprint density at radius 1 is 1.29 bits per heavy atom. The van der Waals surface area contributed by atoms with Crippen LogP contribution in [0.2, 0.25) is 0 Å². The number of nitrogens with zero attached hydrogens (tertiary/aromatic N) is 3. The highest BCUT2D eigenvalue weighted by molar-refractivity contribution is 14.0. The van der Waals surface area contributed by atoms with E-state index in [2.05, 4.69) is 26.2 Å². The van der Waals surface area contributed by atoms with Gasteiger partial charge in [0.05, 0.1) is 6.54 Å². The lowest BCUT2D eigenvalue weighted by molar-refractivity contribution is 0.263. The molecule has 21 heavy (non-hydrogen) atoms. The predicted octanol–water partition coefficient (Wildman–Crippen LogP) is 2.09.